The van der Waals surface area contributed by atoms with Gasteiger partial charge in [-0.2, -0.15) is 8.42 Å². The van der Waals surface area contributed by atoms with Crippen LogP contribution in [-0.2, 0) is 14.3 Å². The Morgan fingerprint density at radius 2 is 1.89 bits per heavy atom. The summed E-state index contributed by atoms with van der Waals surface area (Å²) in [7, 11) is -2.09. The molecule has 0 aliphatic rings. The lowest BCUT2D eigenvalue weighted by molar-refractivity contribution is -0.384. The molecule has 0 heterocycles. The van der Waals surface area contributed by atoms with Gasteiger partial charge in [-0.05, 0) is 36.4 Å². The molecule has 0 aromatic heterocycles. The van der Waals surface area contributed by atoms with Crippen molar-refractivity contribution in [1.29, 1.82) is 0 Å². The number of hydrogen-bond acceptors (Lipinski definition) is 7. The second-order valence-electron chi connectivity index (χ2n) is 5.84. The van der Waals surface area contributed by atoms with Gasteiger partial charge in [0.2, 0.25) is 0 Å². The monoisotopic (exact) mass is 427 g/mol. The first-order valence-electron chi connectivity index (χ1n) is 7.98. The van der Waals surface area contributed by atoms with Crippen LogP contribution in [0.2, 0.25) is 5.02 Å². The van der Waals surface area contributed by atoms with Gasteiger partial charge in [-0.1, -0.05) is 17.7 Å². The fourth-order valence-electron chi connectivity index (χ4n) is 2.39. The number of hydrogen-bond donors (Lipinski definition) is 1. The topological polar surface area (TPSA) is 119 Å². The first-order chi connectivity index (χ1) is 13.1. The van der Waals surface area contributed by atoms with Crippen molar-refractivity contribution in [2.45, 2.75) is 0 Å². The van der Waals surface area contributed by atoms with Gasteiger partial charge in [0.25, 0.3) is 16.0 Å². The van der Waals surface area contributed by atoms with Crippen LogP contribution < -0.4 is 10.2 Å². The van der Waals surface area contributed by atoms with Gasteiger partial charge in [-0.3, -0.25) is 19.1 Å². The summed E-state index contributed by atoms with van der Waals surface area (Å²) in [6.07, 6.45) is 0.914. The summed E-state index contributed by atoms with van der Waals surface area (Å²) in [6, 6.07) is 10.6. The van der Waals surface area contributed by atoms with Crippen molar-refractivity contribution in [1.82, 2.24) is 0 Å². The molecule has 0 atom stereocenters. The molecule has 28 heavy (non-hydrogen) atoms. The molecule has 1 N–H and O–H groups in total. The Bertz CT molecular complexity index is 979. The molecule has 11 heteroatoms. The van der Waals surface area contributed by atoms with Crippen molar-refractivity contribution in [2.24, 2.45) is 0 Å². The van der Waals surface area contributed by atoms with Crippen LogP contribution in [0.5, 0.6) is 0 Å². The summed E-state index contributed by atoms with van der Waals surface area (Å²) in [6.45, 7) is -0.121. The largest absolute Gasteiger partial charge is 0.367 e. The Balaban J connectivity index is 2.27. The van der Waals surface area contributed by atoms with Crippen LogP contribution in [0.4, 0.5) is 17.1 Å². The number of anilines is 2. The van der Waals surface area contributed by atoms with E-state index in [9.17, 15) is 23.3 Å². The van der Waals surface area contributed by atoms with E-state index in [4.69, 9.17) is 11.6 Å². The van der Waals surface area contributed by atoms with Gasteiger partial charge < -0.3 is 10.2 Å². The van der Waals surface area contributed by atoms with Crippen LogP contribution in [-0.4, -0.2) is 45.7 Å². The first-order valence-corrected chi connectivity index (χ1v) is 10.2. The number of likely N-dealkylation sites (N-methyl/N-ethyl adjacent to an activating group) is 1. The molecule has 0 fully saturated rings. The van der Waals surface area contributed by atoms with E-state index in [-0.39, 0.29) is 24.4 Å². The second kappa shape index (κ2) is 9.00. The van der Waals surface area contributed by atoms with Gasteiger partial charge in [0.1, 0.15) is 11.3 Å². The van der Waals surface area contributed by atoms with E-state index in [0.717, 1.165) is 6.26 Å². The minimum Gasteiger partial charge on any atom is -0.367 e. The Kier molecular flexibility index (Phi) is 6.95. The molecule has 9 nitrogen and oxygen atoms in total. The maximum Gasteiger partial charge on any atom is 0.305 e. The molecular weight excluding hydrogens is 410 g/mol. The summed E-state index contributed by atoms with van der Waals surface area (Å²) in [5.41, 5.74) is 0.0685. The summed E-state index contributed by atoms with van der Waals surface area (Å²) >= 11 is 5.80. The normalized spacial score (nSPS) is 11.1. The Morgan fingerprint density at radius 1 is 1.25 bits per heavy atom. The molecule has 2 aromatic carbocycles. The number of benzene rings is 2. The number of nitrogens with one attached hydrogen (secondary N) is 1. The van der Waals surface area contributed by atoms with Crippen LogP contribution in [0, 0.1) is 10.1 Å². The van der Waals surface area contributed by atoms with Gasteiger partial charge in [0.15, 0.2) is 0 Å². The number of halogens is 1. The summed E-state index contributed by atoms with van der Waals surface area (Å²) in [5, 5.41) is 14.7. The van der Waals surface area contributed by atoms with E-state index in [2.05, 4.69) is 9.50 Å². The summed E-state index contributed by atoms with van der Waals surface area (Å²) < 4.78 is 26.8. The quantitative estimate of drug-likeness (QED) is 0.390. The minimum absolute atomic E-state index is 0.0656. The number of nitro benzene ring substituents is 1. The molecule has 0 spiro atoms. The molecule has 0 saturated carbocycles. The minimum atomic E-state index is -3.62. The molecular formula is C17H18ClN3O6S. The average molecular weight is 428 g/mol. The van der Waals surface area contributed by atoms with Crippen LogP contribution in [0.3, 0.4) is 0 Å². The van der Waals surface area contributed by atoms with Gasteiger partial charge in [0.05, 0.1) is 17.8 Å². The molecule has 0 bridgehead atoms. The smallest absolute Gasteiger partial charge is 0.305 e. The molecule has 0 aliphatic carbocycles. The summed E-state index contributed by atoms with van der Waals surface area (Å²) in [4.78, 5) is 25.0. The van der Waals surface area contributed by atoms with Crippen LogP contribution in [0.25, 0.3) is 0 Å². The fourth-order valence-corrected chi connectivity index (χ4v) is 2.90. The third-order valence-electron chi connectivity index (χ3n) is 3.68. The number of amides is 1. The van der Waals surface area contributed by atoms with Crippen LogP contribution in [0.1, 0.15) is 10.4 Å². The third-order valence-corrected chi connectivity index (χ3v) is 4.53. The highest BCUT2D eigenvalue weighted by atomic mass is 35.5. The van der Waals surface area contributed by atoms with Crippen LogP contribution >= 0.6 is 11.6 Å². The first kappa shape index (κ1) is 21.6. The predicted molar refractivity (Wildman–Crippen MR) is 107 cm³/mol. The zero-order valence-corrected chi connectivity index (χ0v) is 16.7. The zero-order valence-electron chi connectivity index (χ0n) is 15.1. The van der Waals surface area contributed by atoms with Gasteiger partial charge in [0, 0.05) is 24.3 Å². The zero-order chi connectivity index (χ0) is 20.9. The van der Waals surface area contributed by atoms with Gasteiger partial charge in [-0.25, -0.2) is 0 Å². The Labute approximate surface area is 167 Å². The van der Waals surface area contributed by atoms with E-state index >= 15 is 0 Å². The van der Waals surface area contributed by atoms with Crippen molar-refractivity contribution in [2.75, 3.05) is 36.7 Å². The molecule has 0 aliphatic heterocycles. The van der Waals surface area contributed by atoms with Crippen molar-refractivity contribution in [3.05, 3.63) is 63.2 Å². The lowest BCUT2D eigenvalue weighted by atomic mass is 10.1. The van der Waals surface area contributed by atoms with E-state index in [0.29, 0.717) is 10.7 Å². The highest BCUT2D eigenvalue weighted by Gasteiger charge is 2.26. The standard InChI is InChI=1S/C17H18ClN3O6S/c1-20(10-11-27-28(2,25)26)15-5-3-4-14(16(15)21(23)24)17(22)19-13-8-6-12(18)7-9-13/h3-9H,10-11H2,1-2H3,(H,19,22). The van der Waals surface area contributed by atoms with E-state index in [1.807, 2.05) is 0 Å². The van der Waals surface area contributed by atoms with Crippen molar-refractivity contribution < 1.29 is 22.3 Å². The maximum atomic E-state index is 12.6. The van der Waals surface area contributed by atoms with Crippen molar-refractivity contribution >= 4 is 44.7 Å². The highest BCUT2D eigenvalue weighted by Crippen LogP contribution is 2.31. The predicted octanol–water partition coefficient (Wildman–Crippen LogP) is 2.91. The Hall–Kier alpha value is -2.69. The van der Waals surface area contributed by atoms with Gasteiger partial charge in [-0.15, -0.1) is 0 Å². The maximum absolute atomic E-state index is 12.6. The average Bonchev–Trinajstić information content (AvgIpc) is 2.61. The third kappa shape index (κ3) is 5.91. The van der Waals surface area contributed by atoms with E-state index < -0.39 is 26.6 Å². The molecule has 0 radical (unpaired) electrons. The number of nitro groups is 1. The fraction of sp³-hybridized carbons (Fsp3) is 0.235. The SMILES string of the molecule is CN(CCOS(C)(=O)=O)c1cccc(C(=O)Nc2ccc(Cl)cc2)c1[N+](=O)[O-]. The molecule has 0 saturated heterocycles. The van der Waals surface area contributed by atoms with Crippen LogP contribution in [0.15, 0.2) is 42.5 Å². The molecule has 150 valence electrons. The number of rotatable bonds is 8. The number of carbonyl (C=O) groups excluding carboxylic acids is 1. The summed E-state index contributed by atoms with van der Waals surface area (Å²) in [5.74, 6) is -0.656. The lowest BCUT2D eigenvalue weighted by Crippen LogP contribution is -2.25. The van der Waals surface area contributed by atoms with E-state index in [1.54, 1.807) is 24.3 Å². The number of nitrogens with zero attached hydrogens (tertiary/aromatic N) is 2. The Morgan fingerprint density at radius 3 is 2.46 bits per heavy atom. The number of carbonyl (C=O) groups is 1. The molecule has 2 aromatic rings. The highest BCUT2D eigenvalue weighted by molar-refractivity contribution is 7.85. The van der Waals surface area contributed by atoms with Crippen molar-refractivity contribution in [3.63, 3.8) is 0 Å². The molecule has 2 rings (SSSR count). The number of para-hydroxylation sites is 1. The lowest BCUT2D eigenvalue weighted by Gasteiger charge is -2.19. The van der Waals surface area contributed by atoms with Crippen molar-refractivity contribution in [3.8, 4) is 0 Å². The van der Waals surface area contributed by atoms with E-state index in [1.165, 1.54) is 30.1 Å². The second-order valence-corrected chi connectivity index (χ2v) is 7.92. The molecule has 1 amide bonds. The molecule has 0 unspecified atom stereocenters. The van der Waals surface area contributed by atoms with Gasteiger partial charge >= 0.3 is 5.69 Å².